The van der Waals surface area contributed by atoms with Gasteiger partial charge < -0.3 is 71.2 Å². The van der Waals surface area contributed by atoms with Crippen LogP contribution in [-0.4, -0.2) is 128 Å². The lowest BCUT2D eigenvalue weighted by molar-refractivity contribution is -0.137. The molecule has 18 N–H and O–H groups in total. The maximum absolute atomic E-state index is 14.5. The van der Waals surface area contributed by atoms with Gasteiger partial charge in [0.15, 0.2) is 0 Å². The molecule has 0 unspecified atom stereocenters. The van der Waals surface area contributed by atoms with Crippen LogP contribution in [0.5, 0.6) is 0 Å². The first-order chi connectivity index (χ1) is 39.2. The van der Waals surface area contributed by atoms with Crippen molar-refractivity contribution in [3.8, 4) is 0 Å². The third-order valence-corrected chi connectivity index (χ3v) is 16.0. The van der Waals surface area contributed by atoms with Crippen molar-refractivity contribution >= 4 is 53.2 Å². The topological polar surface area (TPSA) is 380 Å². The number of primary amides is 1. The predicted octanol–water partition coefficient (Wildman–Crippen LogP) is 3.97. The molecule has 0 aromatic carbocycles. The van der Waals surface area contributed by atoms with E-state index in [-0.39, 0.29) is 49.8 Å². The van der Waals surface area contributed by atoms with E-state index in [1.165, 1.54) is 32.1 Å². The number of nitrogens with two attached hydrogens (primary N) is 5. The standard InChI is InChI=1S/C60H117N13O9/c1-10-15-16-17-18-19-20-21-22-35-48(74)70-49(40(6)11-2)57(79)67-45(32-24-28-37-62)54(76)72-51(42(8)13-4)59(81)69-47(34-26-30-39-64)56(78)73-52(43(9)14-5)60(82)68-46(33-25-29-38-63)55(77)71-50(41(7)12-3)58(80)66-44(53(65)75)31-23-27-36-61/h40-47,49-52H,10-39,61-64H2,1-9H3,(H2,65,75)(H,66,80)(H,67,79)(H,68,82)(H,69,81)(H,70,74)(H,71,77)(H,72,76)(H,73,78)/t40-,41-,42-,43-,44-,45-,46-,47-,49-,50-,51-,52-/m0/s1. The fourth-order valence-electron chi connectivity index (χ4n) is 9.52. The van der Waals surface area contributed by atoms with Crippen molar-refractivity contribution in [1.29, 1.82) is 0 Å². The maximum Gasteiger partial charge on any atom is 0.243 e. The zero-order chi connectivity index (χ0) is 62.0. The van der Waals surface area contributed by atoms with Gasteiger partial charge in [-0.3, -0.25) is 43.2 Å². The summed E-state index contributed by atoms with van der Waals surface area (Å²) in [5.41, 5.74) is 28.8. The number of carbonyl (C=O) groups is 9. The first-order valence-corrected chi connectivity index (χ1v) is 31.7. The lowest BCUT2D eigenvalue weighted by Gasteiger charge is -2.31. The van der Waals surface area contributed by atoms with Gasteiger partial charge in [-0.2, -0.15) is 0 Å². The van der Waals surface area contributed by atoms with Gasteiger partial charge in [0, 0.05) is 6.42 Å². The van der Waals surface area contributed by atoms with Crippen LogP contribution in [0.25, 0.3) is 0 Å². The Morgan fingerprint density at radius 1 is 0.305 bits per heavy atom. The van der Waals surface area contributed by atoms with Crippen LogP contribution in [0, 0.1) is 23.7 Å². The molecule has 0 bridgehead atoms. The molecule has 0 aliphatic heterocycles. The smallest absolute Gasteiger partial charge is 0.243 e. The lowest BCUT2D eigenvalue weighted by Crippen LogP contribution is -2.62. The van der Waals surface area contributed by atoms with E-state index in [0.29, 0.717) is 110 Å². The molecule has 12 atom stereocenters. The summed E-state index contributed by atoms with van der Waals surface area (Å²) in [4.78, 5) is 125. The van der Waals surface area contributed by atoms with Crippen LogP contribution in [0.2, 0.25) is 0 Å². The summed E-state index contributed by atoms with van der Waals surface area (Å²) < 4.78 is 0. The second-order valence-corrected chi connectivity index (χ2v) is 22.9. The summed E-state index contributed by atoms with van der Waals surface area (Å²) in [5, 5.41) is 22.8. The van der Waals surface area contributed by atoms with E-state index in [1.54, 1.807) is 20.8 Å². The average molecular weight is 1160 g/mol. The van der Waals surface area contributed by atoms with E-state index < -0.39 is 107 Å². The Morgan fingerprint density at radius 3 is 0.829 bits per heavy atom. The minimum atomic E-state index is -1.18. The van der Waals surface area contributed by atoms with Crippen LogP contribution >= 0.6 is 0 Å². The van der Waals surface area contributed by atoms with Crippen LogP contribution in [-0.2, 0) is 43.2 Å². The summed E-state index contributed by atoms with van der Waals surface area (Å²) in [7, 11) is 0. The Balaban J connectivity index is 6.69. The predicted molar refractivity (Wildman–Crippen MR) is 326 cm³/mol. The number of carbonyl (C=O) groups excluding carboxylic acids is 9. The van der Waals surface area contributed by atoms with E-state index in [2.05, 4.69) is 49.5 Å². The summed E-state index contributed by atoms with van der Waals surface area (Å²) in [6, 6.07) is -8.73. The largest absolute Gasteiger partial charge is 0.368 e. The lowest BCUT2D eigenvalue weighted by atomic mass is 9.95. The van der Waals surface area contributed by atoms with E-state index in [9.17, 15) is 43.2 Å². The molecule has 0 aliphatic carbocycles. The molecule has 0 radical (unpaired) electrons. The highest BCUT2D eigenvalue weighted by molar-refractivity contribution is 5.98. The van der Waals surface area contributed by atoms with Gasteiger partial charge in [0.05, 0.1) is 0 Å². The maximum atomic E-state index is 14.5. The number of amides is 9. The summed E-state index contributed by atoms with van der Waals surface area (Å²) in [6.07, 6.45) is 17.1. The van der Waals surface area contributed by atoms with Gasteiger partial charge in [0.1, 0.15) is 48.3 Å². The Bertz CT molecular complexity index is 1850. The molecular weight excluding hydrogens is 1050 g/mol. The second-order valence-electron chi connectivity index (χ2n) is 22.9. The van der Waals surface area contributed by atoms with E-state index in [4.69, 9.17) is 28.7 Å². The molecule has 0 saturated heterocycles. The molecule has 0 fully saturated rings. The monoisotopic (exact) mass is 1160 g/mol. The van der Waals surface area contributed by atoms with Crippen molar-refractivity contribution in [1.82, 2.24) is 42.5 Å². The average Bonchev–Trinajstić information content (AvgIpc) is 3.49. The van der Waals surface area contributed by atoms with Crippen molar-refractivity contribution in [3.05, 3.63) is 0 Å². The van der Waals surface area contributed by atoms with Gasteiger partial charge in [0.25, 0.3) is 0 Å². The normalized spacial score (nSPS) is 15.8. The molecule has 0 spiro atoms. The van der Waals surface area contributed by atoms with Gasteiger partial charge in [0.2, 0.25) is 53.2 Å². The molecule has 22 nitrogen and oxygen atoms in total. The molecule has 0 heterocycles. The zero-order valence-electron chi connectivity index (χ0n) is 52.2. The number of nitrogens with one attached hydrogen (secondary N) is 8. The number of rotatable bonds is 50. The van der Waals surface area contributed by atoms with Crippen LogP contribution < -0.4 is 71.2 Å². The van der Waals surface area contributed by atoms with Gasteiger partial charge in [-0.15, -0.1) is 0 Å². The van der Waals surface area contributed by atoms with Crippen molar-refractivity contribution in [2.75, 3.05) is 26.2 Å². The highest BCUT2D eigenvalue weighted by Crippen LogP contribution is 2.18. The van der Waals surface area contributed by atoms with E-state index in [1.807, 2.05) is 34.6 Å². The molecule has 82 heavy (non-hydrogen) atoms. The molecule has 9 amide bonds. The van der Waals surface area contributed by atoms with E-state index >= 15 is 0 Å². The molecule has 0 aromatic rings. The summed E-state index contributed by atoms with van der Waals surface area (Å²) in [6.45, 7) is 18.3. The third kappa shape index (κ3) is 31.7. The first kappa shape index (κ1) is 77.1. The van der Waals surface area contributed by atoms with Crippen molar-refractivity contribution in [3.63, 3.8) is 0 Å². The highest BCUT2D eigenvalue weighted by Gasteiger charge is 2.38. The van der Waals surface area contributed by atoms with E-state index in [0.717, 1.165) is 19.3 Å². The molecule has 0 rings (SSSR count). The van der Waals surface area contributed by atoms with Gasteiger partial charge >= 0.3 is 0 Å². The summed E-state index contributed by atoms with van der Waals surface area (Å²) >= 11 is 0. The quantitative estimate of drug-likeness (QED) is 0.0384. The van der Waals surface area contributed by atoms with Gasteiger partial charge in [-0.25, -0.2) is 0 Å². The van der Waals surface area contributed by atoms with Crippen LogP contribution in [0.3, 0.4) is 0 Å². The number of hydrogen-bond acceptors (Lipinski definition) is 13. The fourth-order valence-corrected chi connectivity index (χ4v) is 9.52. The third-order valence-electron chi connectivity index (χ3n) is 16.0. The first-order valence-electron chi connectivity index (χ1n) is 31.7. The van der Waals surface area contributed by atoms with Crippen molar-refractivity contribution in [2.24, 2.45) is 52.3 Å². The van der Waals surface area contributed by atoms with Crippen molar-refractivity contribution < 1.29 is 43.2 Å². The Morgan fingerprint density at radius 2 is 0.561 bits per heavy atom. The molecular formula is C60H117N13O9. The Labute approximate surface area is 493 Å². The highest BCUT2D eigenvalue weighted by atomic mass is 16.2. The molecule has 0 aliphatic rings. The van der Waals surface area contributed by atoms with Crippen LogP contribution in [0.15, 0.2) is 0 Å². The molecule has 476 valence electrons. The zero-order valence-corrected chi connectivity index (χ0v) is 52.2. The van der Waals surface area contributed by atoms with Crippen LogP contribution in [0.4, 0.5) is 0 Å². The Hall–Kier alpha value is -4.93. The van der Waals surface area contributed by atoms with Crippen molar-refractivity contribution in [2.45, 2.75) is 278 Å². The van der Waals surface area contributed by atoms with Gasteiger partial charge in [-0.1, -0.05) is 139 Å². The van der Waals surface area contributed by atoms with Gasteiger partial charge in [-0.05, 0) is 133 Å². The minimum absolute atomic E-state index is 0.136. The fraction of sp³-hybridized carbons (Fsp3) is 0.850. The SMILES string of the molecule is CCCCCCCCCCCC(=O)N[C@H](C(=O)N[C@@H](CCCCN)C(=O)N[C@H](C(=O)N[C@@H](CCCCN)C(=O)N[C@H](C(=O)N[C@@H](CCCCN)C(=O)N[C@H](C(=O)N[C@@H](CCCCN)C(N)=O)[C@@H](C)CC)[C@@H](C)CC)[C@@H](C)CC)[C@@H](C)CC. The molecule has 22 heteroatoms. The number of unbranched alkanes of at least 4 members (excludes halogenated alkanes) is 12. The molecule has 0 saturated carbocycles. The second kappa shape index (κ2) is 46.4. The Kier molecular flexibility index (Phi) is 43.7. The minimum Gasteiger partial charge on any atom is -0.368 e. The van der Waals surface area contributed by atoms with Crippen LogP contribution in [0.1, 0.15) is 229 Å². The summed E-state index contributed by atoms with van der Waals surface area (Å²) in [5.74, 6) is -6.84. The number of hydrogen-bond donors (Lipinski definition) is 13. The molecule has 0 aromatic heterocycles.